The van der Waals surface area contributed by atoms with Crippen LogP contribution in [0.5, 0.6) is 5.75 Å². The van der Waals surface area contributed by atoms with Crippen molar-refractivity contribution in [2.24, 2.45) is 11.3 Å². The molecule has 231 valence electrons. The van der Waals surface area contributed by atoms with Gasteiger partial charge in [0.05, 0.1) is 0 Å². The van der Waals surface area contributed by atoms with Crippen molar-refractivity contribution in [2.75, 3.05) is 24.9 Å². The number of likely N-dealkylation sites (N-methyl/N-ethyl adjacent to an activating group) is 1. The third kappa shape index (κ3) is 8.79. The molecule has 2 aromatic rings. The van der Waals surface area contributed by atoms with Crippen molar-refractivity contribution in [2.45, 2.75) is 92.3 Å². The number of carbonyl (C=O) groups excluding carboxylic acids is 1. The minimum atomic E-state index is -0.597. The smallest absolute Gasteiger partial charge is 0.0482 e. The van der Waals surface area contributed by atoms with Gasteiger partial charge in [-0.25, -0.2) is 0 Å². The Labute approximate surface area is 265 Å². The molecule has 0 bridgehead atoms. The summed E-state index contributed by atoms with van der Waals surface area (Å²) in [6.45, 7) is 20.1. The summed E-state index contributed by atoms with van der Waals surface area (Å²) in [4.78, 5) is 19.8. The summed E-state index contributed by atoms with van der Waals surface area (Å²) in [5.74, 6) is 1.69. The molecule has 1 saturated heterocycles. The van der Waals surface area contributed by atoms with Crippen LogP contribution in [0, 0.1) is 18.3 Å². The van der Waals surface area contributed by atoms with Gasteiger partial charge in [-0.15, -0.1) is 11.6 Å². The zero-order chi connectivity index (χ0) is 31.1. The van der Waals surface area contributed by atoms with E-state index in [4.69, 9.17) is 30.9 Å². The minimum Gasteiger partial charge on any atom is -0.361 e. The molecule has 1 fully saturated rings. The first kappa shape index (κ1) is 35.7. The molecule has 5 nitrogen and oxygen atoms in total. The number of aryl methyl sites for hydroxylation is 1. The topological polar surface area (TPSA) is 42.0 Å². The van der Waals surface area contributed by atoms with Crippen LogP contribution in [-0.4, -0.2) is 53.3 Å². The molecule has 1 amide bonds. The molecular weight excluding hydrogens is 644 g/mol. The second-order valence-electron chi connectivity index (χ2n) is 12.7. The van der Waals surface area contributed by atoms with Gasteiger partial charge in [0.2, 0.25) is 0 Å². The zero-order valence-corrected chi connectivity index (χ0v) is 29.8. The van der Waals surface area contributed by atoms with Crippen LogP contribution in [0.2, 0.25) is 0 Å². The first-order valence-electron chi connectivity index (χ1n) is 14.2. The van der Waals surface area contributed by atoms with Crippen LogP contribution in [0.15, 0.2) is 42.5 Å². The molecule has 0 spiro atoms. The van der Waals surface area contributed by atoms with Crippen molar-refractivity contribution in [1.29, 1.82) is 0 Å². The van der Waals surface area contributed by atoms with Crippen molar-refractivity contribution in [1.82, 2.24) is 5.06 Å². The molecule has 1 aliphatic rings. The first-order valence-corrected chi connectivity index (χ1v) is 18.0. The molecule has 0 N–H and O–H groups in total. The number of alkyl halides is 1. The Morgan fingerprint density at radius 2 is 1.76 bits per heavy atom. The molecule has 0 radical (unpaired) electrons. The predicted molar refractivity (Wildman–Crippen MR) is 171 cm³/mol. The van der Waals surface area contributed by atoms with Crippen LogP contribution in [-0.2, 0) is 25.3 Å². The summed E-state index contributed by atoms with van der Waals surface area (Å²) >= 11 is 6.06. The van der Waals surface area contributed by atoms with Crippen LogP contribution in [0.3, 0.4) is 0 Å². The first-order chi connectivity index (χ1) is 19.1. The number of para-hydroxylation sites is 2. The number of nitrogens with zero attached hydrogens (tertiary/aromatic N) is 2. The quantitative estimate of drug-likeness (QED) is 0.151. The van der Waals surface area contributed by atoms with Gasteiger partial charge in [-0.2, -0.15) is 0 Å². The van der Waals surface area contributed by atoms with Gasteiger partial charge in [0, 0.05) is 23.1 Å². The Balaban J connectivity index is 0.000000287. The van der Waals surface area contributed by atoms with E-state index < -0.39 is 6.10 Å². The summed E-state index contributed by atoms with van der Waals surface area (Å²) in [6, 6.07) is 14.6. The molecule has 8 heteroatoms. The van der Waals surface area contributed by atoms with E-state index in [2.05, 4.69) is 71.6 Å². The largest absolute Gasteiger partial charge is 0.361 e. The van der Waals surface area contributed by atoms with E-state index in [1.165, 1.54) is 35.4 Å². The molecule has 41 heavy (non-hydrogen) atoms. The fourth-order valence-electron chi connectivity index (χ4n) is 5.89. The van der Waals surface area contributed by atoms with Crippen molar-refractivity contribution in [3.63, 3.8) is 0 Å². The van der Waals surface area contributed by atoms with Gasteiger partial charge < -0.3 is 4.90 Å². The van der Waals surface area contributed by atoms with Crippen LogP contribution in [0.1, 0.15) is 84.4 Å². The molecule has 1 aliphatic heterocycles. The molecule has 0 saturated carbocycles. The van der Waals surface area contributed by atoms with Gasteiger partial charge >= 0.3 is 131 Å². The summed E-state index contributed by atoms with van der Waals surface area (Å²) in [5.41, 5.74) is 5.51. The van der Waals surface area contributed by atoms with Crippen LogP contribution in [0.4, 0.5) is 5.69 Å². The van der Waals surface area contributed by atoms with Gasteiger partial charge in [0.15, 0.2) is 0 Å². The minimum absolute atomic E-state index is 0.0251. The summed E-state index contributed by atoms with van der Waals surface area (Å²) in [5, 5.41) is 1.18. The number of benzene rings is 2. The Kier molecular flexibility index (Phi) is 13.4. The molecule has 2 unspecified atom stereocenters. The summed E-state index contributed by atoms with van der Waals surface area (Å²) in [7, 11) is 8.85. The zero-order valence-electron chi connectivity index (χ0n) is 26.6. The molecule has 3 rings (SSSR count). The Morgan fingerprint density at radius 1 is 1.12 bits per heavy atom. The van der Waals surface area contributed by atoms with E-state index in [9.17, 15) is 4.79 Å². The van der Waals surface area contributed by atoms with Gasteiger partial charge in [-0.3, -0.25) is 0 Å². The monoisotopic (exact) mass is 693 g/mol. The number of anilines is 1. The van der Waals surface area contributed by atoms with E-state index >= 15 is 0 Å². The second-order valence-corrected chi connectivity index (χ2v) is 14.8. The molecule has 0 aromatic heterocycles. The van der Waals surface area contributed by atoms with E-state index in [0.717, 1.165) is 5.56 Å². The average molecular weight is 694 g/mol. The maximum absolute atomic E-state index is 12.2. The molecule has 1 heterocycles. The van der Waals surface area contributed by atoms with Gasteiger partial charge in [-0.05, 0) is 49.7 Å². The van der Waals surface area contributed by atoms with Crippen LogP contribution in [0.25, 0.3) is 0 Å². The Bertz CT molecular complexity index is 1180. The fraction of sp³-hybridized carbons (Fsp3) is 0.576. The number of rotatable bonds is 9. The molecular formula is C33H49Cl2N2O3Ru. The van der Waals surface area contributed by atoms with Crippen molar-refractivity contribution in [3.8, 4) is 5.75 Å². The maximum atomic E-state index is 12.2. The van der Waals surface area contributed by atoms with E-state index in [1.807, 2.05) is 42.7 Å². The molecule has 2 atom stereocenters. The third-order valence-corrected chi connectivity index (χ3v) is 9.27. The number of carbonyl (C=O) groups is 1. The fourth-order valence-corrected chi connectivity index (χ4v) is 7.56. The van der Waals surface area contributed by atoms with E-state index in [1.54, 1.807) is 7.05 Å². The summed E-state index contributed by atoms with van der Waals surface area (Å²) < 4.78 is 7.83. The van der Waals surface area contributed by atoms with Gasteiger partial charge in [0.1, 0.15) is 0 Å². The maximum Gasteiger partial charge on any atom is 0.0482 e. The number of amides is 1. The second kappa shape index (κ2) is 15.3. The number of ether oxygens (including phenoxy) is 1. The third-order valence-electron chi connectivity index (χ3n) is 7.79. The number of hydrogen-bond donors (Lipinski definition) is 0. The van der Waals surface area contributed by atoms with Gasteiger partial charge in [0.25, 0.3) is 0 Å². The molecule has 2 aromatic carbocycles. The number of hydroxylamine groups is 2. The van der Waals surface area contributed by atoms with Crippen molar-refractivity contribution in [3.05, 3.63) is 59.2 Å². The van der Waals surface area contributed by atoms with Crippen molar-refractivity contribution >= 4 is 37.5 Å². The Hall–Kier alpha value is -1.46. The normalized spacial score (nSPS) is 18.6. The predicted octanol–water partition coefficient (Wildman–Crippen LogP) is 8.24. The Morgan fingerprint density at radius 3 is 2.29 bits per heavy atom. The summed E-state index contributed by atoms with van der Waals surface area (Å²) in [6.07, 6.45) is 0.573. The number of hydrogen-bond acceptors (Lipinski definition) is 4. The molecule has 0 aliphatic carbocycles. The van der Waals surface area contributed by atoms with Gasteiger partial charge in [-0.1, -0.05) is 45.9 Å². The number of halogens is 2. The van der Waals surface area contributed by atoms with E-state index in [-0.39, 0.29) is 38.5 Å². The standard InChI is InChI=1S/C19H30ClN.C14H19NO3.ClH.Ru/c1-13(2)15-10-8-9-14(3)17(15)21-16(11-20)18(4,5)12-19(21,6)7;1-10(2)13(14(16)15(4)17-5)18-12-9-7-6-8-11(12)3;;/h8-10,13,16H,11-12H2,1-7H3;3,6-10,13H,1-2,4-5H3;1H;/q;;;+1/p-1. The van der Waals surface area contributed by atoms with Crippen LogP contribution < -0.4 is 9.64 Å². The van der Waals surface area contributed by atoms with Crippen molar-refractivity contribution < 1.29 is 30.1 Å². The average Bonchev–Trinajstić information content (AvgIpc) is 3.09. The van der Waals surface area contributed by atoms with E-state index in [0.29, 0.717) is 23.6 Å². The SMILES string of the molecule is CON(C)C(=O)C(Oc1ccccc1[CH]=[Ru][Cl])C(C)C.Cc1cccc(C(C)C)c1N1C(CCl)C(C)(C)CC1(C)C. The van der Waals surface area contributed by atoms with Crippen LogP contribution >= 0.6 is 21.3 Å².